The molecule has 0 bridgehead atoms. The molecule has 0 spiro atoms. The first kappa shape index (κ1) is 13.0. The van der Waals surface area contributed by atoms with Crippen molar-refractivity contribution in [1.29, 1.82) is 0 Å². The molecule has 1 aromatic carbocycles. The molecule has 1 aromatic rings. The SMILES string of the molecule is COc1ccc(CC(O)C(C)(C)C)cc1F. The van der Waals surface area contributed by atoms with Crippen LogP contribution in [0.3, 0.4) is 0 Å². The summed E-state index contributed by atoms with van der Waals surface area (Å²) in [6.45, 7) is 5.87. The fourth-order valence-electron chi connectivity index (χ4n) is 1.37. The molecule has 3 heteroatoms. The van der Waals surface area contributed by atoms with Gasteiger partial charge in [-0.05, 0) is 29.5 Å². The van der Waals surface area contributed by atoms with Crippen LogP contribution in [0.5, 0.6) is 5.75 Å². The number of rotatable bonds is 3. The molecule has 0 aliphatic rings. The van der Waals surface area contributed by atoms with Gasteiger partial charge in [0.25, 0.3) is 0 Å². The average Bonchev–Trinajstić information content (AvgIpc) is 2.16. The summed E-state index contributed by atoms with van der Waals surface area (Å²) in [5, 5.41) is 9.90. The third kappa shape index (κ3) is 3.20. The first-order valence-corrected chi connectivity index (χ1v) is 5.35. The summed E-state index contributed by atoms with van der Waals surface area (Å²) >= 11 is 0. The second-order valence-electron chi connectivity index (χ2n) is 5.05. The van der Waals surface area contributed by atoms with Gasteiger partial charge in [0.05, 0.1) is 13.2 Å². The minimum absolute atomic E-state index is 0.198. The van der Waals surface area contributed by atoms with Gasteiger partial charge in [-0.2, -0.15) is 0 Å². The molecule has 1 atom stereocenters. The lowest BCUT2D eigenvalue weighted by Gasteiger charge is -2.25. The van der Waals surface area contributed by atoms with E-state index in [1.54, 1.807) is 12.1 Å². The number of halogens is 1. The van der Waals surface area contributed by atoms with Gasteiger partial charge in [0.1, 0.15) is 0 Å². The Labute approximate surface area is 96.1 Å². The van der Waals surface area contributed by atoms with Crippen LogP contribution < -0.4 is 4.74 Å². The van der Waals surface area contributed by atoms with Crippen molar-refractivity contribution >= 4 is 0 Å². The predicted molar refractivity (Wildman–Crippen MR) is 62.1 cm³/mol. The molecule has 90 valence electrons. The molecule has 0 radical (unpaired) electrons. The van der Waals surface area contributed by atoms with E-state index in [4.69, 9.17) is 4.74 Å². The van der Waals surface area contributed by atoms with E-state index >= 15 is 0 Å². The number of hydrogen-bond donors (Lipinski definition) is 1. The Kier molecular flexibility index (Phi) is 3.92. The highest BCUT2D eigenvalue weighted by Gasteiger charge is 2.22. The highest BCUT2D eigenvalue weighted by molar-refractivity contribution is 5.29. The van der Waals surface area contributed by atoms with Crippen LogP contribution >= 0.6 is 0 Å². The van der Waals surface area contributed by atoms with Crippen molar-refractivity contribution in [2.75, 3.05) is 7.11 Å². The molecule has 0 heterocycles. The number of aliphatic hydroxyl groups is 1. The molecule has 1 N–H and O–H groups in total. The molecule has 2 nitrogen and oxygen atoms in total. The summed E-state index contributed by atoms with van der Waals surface area (Å²) in [4.78, 5) is 0. The molecule has 0 amide bonds. The van der Waals surface area contributed by atoms with Crippen molar-refractivity contribution in [3.8, 4) is 5.75 Å². The average molecular weight is 226 g/mol. The summed E-state index contributed by atoms with van der Waals surface area (Å²) in [5.41, 5.74) is 0.580. The Morgan fingerprint density at radius 2 is 2.00 bits per heavy atom. The van der Waals surface area contributed by atoms with Crippen LogP contribution in [0.1, 0.15) is 26.3 Å². The van der Waals surface area contributed by atoms with Gasteiger partial charge in [-0.3, -0.25) is 0 Å². The van der Waals surface area contributed by atoms with Crippen LogP contribution in [0.2, 0.25) is 0 Å². The highest BCUT2D eigenvalue weighted by Crippen LogP contribution is 2.24. The minimum atomic E-state index is -0.486. The topological polar surface area (TPSA) is 29.5 Å². The molecular formula is C13H19FO2. The zero-order valence-corrected chi connectivity index (χ0v) is 10.2. The van der Waals surface area contributed by atoms with Crippen LogP contribution in [0.15, 0.2) is 18.2 Å². The monoisotopic (exact) mass is 226 g/mol. The number of benzene rings is 1. The Balaban J connectivity index is 2.79. The molecule has 0 saturated heterocycles. The van der Waals surface area contributed by atoms with Crippen molar-refractivity contribution in [2.45, 2.75) is 33.3 Å². The van der Waals surface area contributed by atoms with Crippen LogP contribution in [0.4, 0.5) is 4.39 Å². The van der Waals surface area contributed by atoms with Crippen molar-refractivity contribution < 1.29 is 14.2 Å². The second-order valence-corrected chi connectivity index (χ2v) is 5.05. The van der Waals surface area contributed by atoms with Gasteiger partial charge in [0, 0.05) is 0 Å². The van der Waals surface area contributed by atoms with Gasteiger partial charge < -0.3 is 9.84 Å². The van der Waals surface area contributed by atoms with Crippen molar-refractivity contribution in [1.82, 2.24) is 0 Å². The minimum Gasteiger partial charge on any atom is -0.494 e. The molecule has 0 aliphatic heterocycles. The summed E-state index contributed by atoms with van der Waals surface area (Å²) in [7, 11) is 1.43. The number of methoxy groups -OCH3 is 1. The quantitative estimate of drug-likeness (QED) is 0.858. The van der Waals surface area contributed by atoms with Crippen LogP contribution in [-0.2, 0) is 6.42 Å². The van der Waals surface area contributed by atoms with Crippen molar-refractivity contribution in [2.24, 2.45) is 5.41 Å². The summed E-state index contributed by atoms with van der Waals surface area (Å²) in [6, 6.07) is 4.77. The van der Waals surface area contributed by atoms with Crippen molar-refractivity contribution in [3.05, 3.63) is 29.6 Å². The fraction of sp³-hybridized carbons (Fsp3) is 0.538. The summed E-state index contributed by atoms with van der Waals surface area (Å²) in [6.07, 6.45) is -0.0370. The molecule has 0 fully saturated rings. The zero-order chi connectivity index (χ0) is 12.3. The van der Waals surface area contributed by atoms with Gasteiger partial charge >= 0.3 is 0 Å². The Morgan fingerprint density at radius 3 is 2.44 bits per heavy atom. The summed E-state index contributed by atoms with van der Waals surface area (Å²) in [5.74, 6) is -0.157. The van der Waals surface area contributed by atoms with Crippen LogP contribution in [0, 0.1) is 11.2 Å². The molecule has 0 aromatic heterocycles. The van der Waals surface area contributed by atoms with E-state index in [9.17, 15) is 9.50 Å². The zero-order valence-electron chi connectivity index (χ0n) is 10.2. The Morgan fingerprint density at radius 1 is 1.38 bits per heavy atom. The first-order chi connectivity index (χ1) is 7.34. The standard InChI is InChI=1S/C13H19FO2/c1-13(2,3)12(15)8-9-5-6-11(16-4)10(14)7-9/h5-7,12,15H,8H2,1-4H3. The third-order valence-corrected chi connectivity index (χ3v) is 2.64. The number of hydrogen-bond acceptors (Lipinski definition) is 2. The molecule has 1 rings (SSSR count). The van der Waals surface area contributed by atoms with Gasteiger partial charge in [0.15, 0.2) is 11.6 Å². The van der Waals surface area contributed by atoms with E-state index in [2.05, 4.69) is 0 Å². The highest BCUT2D eigenvalue weighted by atomic mass is 19.1. The fourth-order valence-corrected chi connectivity index (χ4v) is 1.37. The molecule has 1 unspecified atom stereocenters. The van der Waals surface area contributed by atoms with E-state index in [0.717, 1.165) is 5.56 Å². The van der Waals surface area contributed by atoms with Crippen LogP contribution in [-0.4, -0.2) is 18.3 Å². The van der Waals surface area contributed by atoms with E-state index < -0.39 is 6.10 Å². The normalized spacial score (nSPS) is 13.6. The maximum Gasteiger partial charge on any atom is 0.165 e. The van der Waals surface area contributed by atoms with Gasteiger partial charge in [-0.25, -0.2) is 4.39 Å². The second kappa shape index (κ2) is 4.83. The van der Waals surface area contributed by atoms with Gasteiger partial charge in [-0.15, -0.1) is 0 Å². The lowest BCUT2D eigenvalue weighted by Crippen LogP contribution is -2.28. The Bertz CT molecular complexity index is 355. The maximum atomic E-state index is 13.4. The molecule has 0 saturated carbocycles. The molecular weight excluding hydrogens is 207 g/mol. The summed E-state index contributed by atoms with van der Waals surface area (Å²) < 4.78 is 18.2. The van der Waals surface area contributed by atoms with E-state index in [1.807, 2.05) is 20.8 Å². The van der Waals surface area contributed by atoms with E-state index in [1.165, 1.54) is 13.2 Å². The predicted octanol–water partition coefficient (Wildman–Crippen LogP) is 2.78. The smallest absolute Gasteiger partial charge is 0.165 e. The van der Waals surface area contributed by atoms with E-state index in [0.29, 0.717) is 6.42 Å². The Hall–Kier alpha value is -1.09. The number of aliphatic hydroxyl groups excluding tert-OH is 1. The maximum absolute atomic E-state index is 13.4. The van der Waals surface area contributed by atoms with Gasteiger partial charge in [0.2, 0.25) is 0 Å². The third-order valence-electron chi connectivity index (χ3n) is 2.64. The lowest BCUT2D eigenvalue weighted by atomic mass is 9.85. The van der Waals surface area contributed by atoms with Gasteiger partial charge in [-0.1, -0.05) is 26.8 Å². The first-order valence-electron chi connectivity index (χ1n) is 5.35. The van der Waals surface area contributed by atoms with E-state index in [-0.39, 0.29) is 17.0 Å². The van der Waals surface area contributed by atoms with Crippen molar-refractivity contribution in [3.63, 3.8) is 0 Å². The molecule has 0 aliphatic carbocycles. The largest absolute Gasteiger partial charge is 0.494 e. The lowest BCUT2D eigenvalue weighted by molar-refractivity contribution is 0.0635. The number of ether oxygens (including phenoxy) is 1. The van der Waals surface area contributed by atoms with Crippen LogP contribution in [0.25, 0.3) is 0 Å². The molecule has 16 heavy (non-hydrogen) atoms.